The van der Waals surface area contributed by atoms with Crippen molar-refractivity contribution in [3.05, 3.63) is 33.7 Å². The van der Waals surface area contributed by atoms with Gasteiger partial charge in [0.1, 0.15) is 0 Å². The highest BCUT2D eigenvalue weighted by atomic mass is 35.5. The predicted octanol–water partition coefficient (Wildman–Crippen LogP) is 3.36. The number of fused-ring (bicyclic) bond motifs is 1. The second-order valence-electron chi connectivity index (χ2n) is 3.40. The van der Waals surface area contributed by atoms with Gasteiger partial charge in [-0.2, -0.15) is 0 Å². The molecule has 0 unspecified atom stereocenters. The molecule has 1 aromatic carbocycles. The van der Waals surface area contributed by atoms with Crippen molar-refractivity contribution in [2.45, 2.75) is 13.3 Å². The summed E-state index contributed by atoms with van der Waals surface area (Å²) in [6.07, 6.45) is 0.930. The van der Waals surface area contributed by atoms with Gasteiger partial charge in [0.25, 0.3) is 0 Å². The molecule has 2 N–H and O–H groups in total. The Balaban J connectivity index is 2.66. The van der Waals surface area contributed by atoms with E-state index in [0.717, 1.165) is 11.4 Å². The van der Waals surface area contributed by atoms with E-state index in [-0.39, 0.29) is 0 Å². The first-order chi connectivity index (χ1) is 6.72. The van der Waals surface area contributed by atoms with E-state index in [4.69, 9.17) is 17.3 Å². The lowest BCUT2D eigenvalue weighted by Crippen LogP contribution is -2.01. The Hall–Kier alpha value is -0.570. The molecule has 0 atom stereocenters. The summed E-state index contributed by atoms with van der Waals surface area (Å²) in [5.74, 6) is 0. The van der Waals surface area contributed by atoms with Gasteiger partial charge in [0.05, 0.1) is 0 Å². The fourth-order valence-corrected chi connectivity index (χ4v) is 3.01. The highest BCUT2D eigenvalue weighted by Gasteiger charge is 2.06. The molecule has 14 heavy (non-hydrogen) atoms. The first-order valence-corrected chi connectivity index (χ1v) is 5.84. The molecule has 0 aliphatic rings. The van der Waals surface area contributed by atoms with Crippen LogP contribution in [0.2, 0.25) is 5.02 Å². The van der Waals surface area contributed by atoms with Crippen molar-refractivity contribution in [2.24, 2.45) is 5.73 Å². The van der Waals surface area contributed by atoms with Crippen LogP contribution in [0.1, 0.15) is 11.1 Å². The van der Waals surface area contributed by atoms with Gasteiger partial charge in [0, 0.05) is 9.72 Å². The van der Waals surface area contributed by atoms with Crippen molar-refractivity contribution >= 4 is 33.0 Å². The van der Waals surface area contributed by atoms with Crippen molar-refractivity contribution in [3.63, 3.8) is 0 Å². The minimum Gasteiger partial charge on any atom is -0.330 e. The van der Waals surface area contributed by atoms with Crippen molar-refractivity contribution in [1.29, 1.82) is 0 Å². The van der Waals surface area contributed by atoms with Crippen LogP contribution in [-0.4, -0.2) is 6.54 Å². The molecular weight excluding hydrogens is 214 g/mol. The molecule has 74 valence electrons. The maximum absolute atomic E-state index is 6.03. The highest BCUT2D eigenvalue weighted by Crippen LogP contribution is 2.31. The van der Waals surface area contributed by atoms with E-state index in [0.29, 0.717) is 6.54 Å². The molecular formula is C11H12ClNS. The molecule has 2 rings (SSSR count). The summed E-state index contributed by atoms with van der Waals surface area (Å²) in [4.78, 5) is 0. The van der Waals surface area contributed by atoms with Gasteiger partial charge in [-0.25, -0.2) is 0 Å². The van der Waals surface area contributed by atoms with Crippen LogP contribution < -0.4 is 5.73 Å². The summed E-state index contributed by atoms with van der Waals surface area (Å²) in [5.41, 5.74) is 8.13. The van der Waals surface area contributed by atoms with E-state index in [1.165, 1.54) is 21.2 Å². The first-order valence-electron chi connectivity index (χ1n) is 4.58. The number of nitrogens with two attached hydrogens (primary N) is 1. The summed E-state index contributed by atoms with van der Waals surface area (Å²) < 4.78 is 1.33. The van der Waals surface area contributed by atoms with Crippen molar-refractivity contribution in [3.8, 4) is 0 Å². The Kier molecular flexibility index (Phi) is 2.77. The molecule has 0 radical (unpaired) electrons. The average molecular weight is 226 g/mol. The Morgan fingerprint density at radius 3 is 2.93 bits per heavy atom. The molecule has 0 saturated carbocycles. The summed E-state index contributed by atoms with van der Waals surface area (Å²) in [6, 6.07) is 4.04. The molecule has 0 aliphatic carbocycles. The zero-order chi connectivity index (χ0) is 10.1. The second-order valence-corrected chi connectivity index (χ2v) is 4.72. The van der Waals surface area contributed by atoms with Crippen molar-refractivity contribution in [1.82, 2.24) is 0 Å². The molecule has 0 amide bonds. The summed E-state index contributed by atoms with van der Waals surface area (Å²) in [5, 5.41) is 4.26. The maximum Gasteiger partial charge on any atom is 0.0415 e. The van der Waals surface area contributed by atoms with Crippen molar-refractivity contribution < 1.29 is 0 Å². The first kappa shape index (κ1) is 9.97. The van der Waals surface area contributed by atoms with Crippen LogP contribution in [-0.2, 0) is 6.42 Å². The number of hydrogen-bond acceptors (Lipinski definition) is 2. The molecule has 0 spiro atoms. The standard InChI is InChI=1S/C11H12ClNS/c1-7-4-9(12)5-10-8(2-3-13)6-14-11(7)10/h4-6H,2-3,13H2,1H3. The van der Waals surface area contributed by atoms with E-state index >= 15 is 0 Å². The zero-order valence-electron chi connectivity index (χ0n) is 8.01. The van der Waals surface area contributed by atoms with Crippen LogP contribution in [0, 0.1) is 6.92 Å². The average Bonchev–Trinajstić information content (AvgIpc) is 2.49. The molecule has 0 saturated heterocycles. The fourth-order valence-electron chi connectivity index (χ4n) is 1.67. The third kappa shape index (κ3) is 1.65. The van der Waals surface area contributed by atoms with Gasteiger partial charge < -0.3 is 5.73 Å². The molecule has 0 bridgehead atoms. The highest BCUT2D eigenvalue weighted by molar-refractivity contribution is 7.17. The smallest absolute Gasteiger partial charge is 0.0415 e. The van der Waals surface area contributed by atoms with Gasteiger partial charge in [-0.1, -0.05) is 11.6 Å². The van der Waals surface area contributed by atoms with E-state index in [9.17, 15) is 0 Å². The van der Waals surface area contributed by atoms with Gasteiger partial charge in [-0.15, -0.1) is 11.3 Å². The lowest BCUT2D eigenvalue weighted by Gasteiger charge is -2.00. The largest absolute Gasteiger partial charge is 0.330 e. The minimum atomic E-state index is 0.692. The van der Waals surface area contributed by atoms with Gasteiger partial charge in [-0.3, -0.25) is 0 Å². The third-order valence-electron chi connectivity index (χ3n) is 2.32. The van der Waals surface area contributed by atoms with E-state index in [2.05, 4.69) is 12.3 Å². The van der Waals surface area contributed by atoms with Gasteiger partial charge in [-0.05, 0) is 53.9 Å². The van der Waals surface area contributed by atoms with Gasteiger partial charge >= 0.3 is 0 Å². The third-order valence-corrected chi connectivity index (χ3v) is 3.72. The van der Waals surface area contributed by atoms with Crippen LogP contribution in [0.15, 0.2) is 17.5 Å². The lowest BCUT2D eigenvalue weighted by molar-refractivity contribution is 0.981. The molecule has 1 nitrogen and oxygen atoms in total. The Bertz CT molecular complexity index is 462. The zero-order valence-corrected chi connectivity index (χ0v) is 9.58. The number of thiophene rings is 1. The fraction of sp³-hybridized carbons (Fsp3) is 0.273. The van der Waals surface area contributed by atoms with E-state index in [1.807, 2.05) is 12.1 Å². The SMILES string of the molecule is Cc1cc(Cl)cc2c(CCN)csc12. The lowest BCUT2D eigenvalue weighted by atomic mass is 10.1. The van der Waals surface area contributed by atoms with Crippen LogP contribution >= 0.6 is 22.9 Å². The Morgan fingerprint density at radius 1 is 1.43 bits per heavy atom. The number of benzene rings is 1. The number of aryl methyl sites for hydroxylation is 1. The normalized spacial score (nSPS) is 11.1. The van der Waals surface area contributed by atoms with Gasteiger partial charge in [0.15, 0.2) is 0 Å². The number of rotatable bonds is 2. The molecule has 0 aliphatic heterocycles. The van der Waals surface area contributed by atoms with Crippen LogP contribution in [0.5, 0.6) is 0 Å². The Morgan fingerprint density at radius 2 is 2.21 bits per heavy atom. The molecule has 0 fully saturated rings. The topological polar surface area (TPSA) is 26.0 Å². The molecule has 1 heterocycles. The second kappa shape index (κ2) is 3.89. The summed E-state index contributed by atoms with van der Waals surface area (Å²) in [7, 11) is 0. The van der Waals surface area contributed by atoms with E-state index < -0.39 is 0 Å². The Labute approximate surface area is 92.5 Å². The molecule has 3 heteroatoms. The number of hydrogen-bond donors (Lipinski definition) is 1. The summed E-state index contributed by atoms with van der Waals surface area (Å²) in [6.45, 7) is 2.79. The number of halogens is 1. The summed E-state index contributed by atoms with van der Waals surface area (Å²) >= 11 is 7.80. The maximum atomic E-state index is 6.03. The monoisotopic (exact) mass is 225 g/mol. The van der Waals surface area contributed by atoms with Crippen LogP contribution in [0.3, 0.4) is 0 Å². The quantitative estimate of drug-likeness (QED) is 0.834. The van der Waals surface area contributed by atoms with Crippen LogP contribution in [0.25, 0.3) is 10.1 Å². The molecule has 2 aromatic rings. The minimum absolute atomic E-state index is 0.692. The van der Waals surface area contributed by atoms with Crippen LogP contribution in [0.4, 0.5) is 0 Å². The van der Waals surface area contributed by atoms with E-state index in [1.54, 1.807) is 11.3 Å². The van der Waals surface area contributed by atoms with Gasteiger partial charge in [0.2, 0.25) is 0 Å². The van der Waals surface area contributed by atoms with Crippen molar-refractivity contribution in [2.75, 3.05) is 6.54 Å². The predicted molar refractivity (Wildman–Crippen MR) is 64.3 cm³/mol. The molecule has 1 aromatic heterocycles.